The fraction of sp³-hybridized carbons (Fsp3) is 0.133. The van der Waals surface area contributed by atoms with Gasteiger partial charge in [0.2, 0.25) is 11.8 Å². The molecule has 9 heteroatoms. The third kappa shape index (κ3) is 3.46. The van der Waals surface area contributed by atoms with E-state index in [1.54, 1.807) is 19.2 Å². The molecule has 0 aliphatic rings. The Balaban J connectivity index is 1.66. The first-order valence-electron chi connectivity index (χ1n) is 6.96. The molecule has 2 N–H and O–H groups in total. The van der Waals surface area contributed by atoms with Crippen LogP contribution in [0.25, 0.3) is 11.5 Å². The lowest BCUT2D eigenvalue weighted by Gasteiger charge is -2.01. The minimum Gasteiger partial charge on any atom is -0.497 e. The quantitative estimate of drug-likeness (QED) is 0.709. The second kappa shape index (κ2) is 6.73. The Labute approximate surface area is 135 Å². The molecule has 0 bridgehead atoms. The van der Waals surface area contributed by atoms with Crippen LogP contribution < -0.4 is 15.6 Å². The van der Waals surface area contributed by atoms with E-state index in [0.717, 1.165) is 0 Å². The first-order valence-corrected chi connectivity index (χ1v) is 6.96. The summed E-state index contributed by atoms with van der Waals surface area (Å²) in [5.74, 6) is 0.767. The van der Waals surface area contributed by atoms with Crippen molar-refractivity contribution in [3.63, 3.8) is 0 Å². The van der Waals surface area contributed by atoms with Crippen molar-refractivity contribution in [2.24, 2.45) is 0 Å². The minimum absolute atomic E-state index is 0.0383. The predicted molar refractivity (Wildman–Crippen MR) is 82.3 cm³/mol. The molecule has 0 unspecified atom stereocenters. The number of aromatic amines is 1. The molecular formula is C15H13N5O4. The van der Waals surface area contributed by atoms with Crippen molar-refractivity contribution in [2.75, 3.05) is 7.11 Å². The van der Waals surface area contributed by atoms with Crippen LogP contribution in [0, 0.1) is 0 Å². The van der Waals surface area contributed by atoms with Gasteiger partial charge in [-0.25, -0.2) is 5.10 Å². The number of nitrogens with zero attached hydrogens (tertiary/aromatic N) is 3. The van der Waals surface area contributed by atoms with E-state index in [9.17, 15) is 9.59 Å². The summed E-state index contributed by atoms with van der Waals surface area (Å²) in [6, 6.07) is 9.72. The molecule has 3 rings (SSSR count). The first-order chi connectivity index (χ1) is 11.7. The summed E-state index contributed by atoms with van der Waals surface area (Å²) in [6.07, 6.45) is 0. The van der Waals surface area contributed by atoms with Crippen molar-refractivity contribution in [1.82, 2.24) is 25.7 Å². The van der Waals surface area contributed by atoms with Crippen LogP contribution in [-0.2, 0) is 6.54 Å². The molecular weight excluding hydrogens is 314 g/mol. The number of hydrogen-bond acceptors (Lipinski definition) is 7. The highest BCUT2D eigenvalue weighted by atomic mass is 16.5. The van der Waals surface area contributed by atoms with Gasteiger partial charge in [-0.1, -0.05) is 6.07 Å². The van der Waals surface area contributed by atoms with Crippen molar-refractivity contribution in [2.45, 2.75) is 6.54 Å². The molecule has 0 spiro atoms. The van der Waals surface area contributed by atoms with E-state index in [1.165, 1.54) is 12.1 Å². The van der Waals surface area contributed by atoms with Gasteiger partial charge in [0.1, 0.15) is 11.4 Å². The normalized spacial score (nSPS) is 10.4. The Morgan fingerprint density at radius 1 is 1.29 bits per heavy atom. The zero-order valence-corrected chi connectivity index (χ0v) is 12.6. The second-order valence-corrected chi connectivity index (χ2v) is 4.72. The fourth-order valence-electron chi connectivity index (χ4n) is 1.92. The fourth-order valence-corrected chi connectivity index (χ4v) is 1.92. The molecule has 0 radical (unpaired) electrons. The number of amides is 1. The molecule has 0 fully saturated rings. The third-order valence-corrected chi connectivity index (χ3v) is 3.10. The summed E-state index contributed by atoms with van der Waals surface area (Å²) < 4.78 is 10.6. The third-order valence-electron chi connectivity index (χ3n) is 3.10. The van der Waals surface area contributed by atoms with Crippen molar-refractivity contribution in [3.05, 3.63) is 58.3 Å². The Morgan fingerprint density at radius 3 is 2.92 bits per heavy atom. The van der Waals surface area contributed by atoms with Gasteiger partial charge < -0.3 is 14.5 Å². The molecule has 1 amide bonds. The minimum atomic E-state index is -0.465. The summed E-state index contributed by atoms with van der Waals surface area (Å²) in [6.45, 7) is 0.0383. The molecule has 2 heterocycles. The number of carbonyl (C=O) groups is 1. The van der Waals surface area contributed by atoms with Gasteiger partial charge in [0.25, 0.3) is 11.5 Å². The van der Waals surface area contributed by atoms with Crippen molar-refractivity contribution in [1.29, 1.82) is 0 Å². The Hall–Kier alpha value is -3.49. The topological polar surface area (TPSA) is 123 Å². The number of carbonyl (C=O) groups excluding carboxylic acids is 1. The van der Waals surface area contributed by atoms with Crippen molar-refractivity contribution < 1.29 is 13.9 Å². The summed E-state index contributed by atoms with van der Waals surface area (Å²) in [7, 11) is 1.57. The van der Waals surface area contributed by atoms with Gasteiger partial charge in [-0.05, 0) is 24.3 Å². The number of aromatic nitrogens is 4. The average Bonchev–Trinajstić information content (AvgIpc) is 3.09. The first kappa shape index (κ1) is 15.4. The van der Waals surface area contributed by atoms with Crippen LogP contribution in [0.1, 0.15) is 16.4 Å². The molecule has 0 atom stereocenters. The summed E-state index contributed by atoms with van der Waals surface area (Å²) in [5.41, 5.74) is 0.412. The van der Waals surface area contributed by atoms with Crippen LogP contribution in [-0.4, -0.2) is 33.4 Å². The molecule has 0 aliphatic carbocycles. The molecule has 0 saturated carbocycles. The molecule has 122 valence electrons. The van der Waals surface area contributed by atoms with Gasteiger partial charge in [0.15, 0.2) is 0 Å². The van der Waals surface area contributed by atoms with Crippen LogP contribution in [0.3, 0.4) is 0 Å². The number of methoxy groups -OCH3 is 1. The van der Waals surface area contributed by atoms with Gasteiger partial charge in [-0.3, -0.25) is 9.59 Å². The standard InChI is InChI=1S/C15H13N5O4/c1-23-10-4-2-3-9(7-10)15-20-19-13(24-15)8-16-14(22)11-5-6-12(21)18-17-11/h2-7H,8H2,1H3,(H,16,22)(H,18,21). The highest BCUT2D eigenvalue weighted by Gasteiger charge is 2.12. The summed E-state index contributed by atoms with van der Waals surface area (Å²) >= 11 is 0. The van der Waals surface area contributed by atoms with Crippen LogP contribution in [0.2, 0.25) is 0 Å². The van der Waals surface area contributed by atoms with E-state index < -0.39 is 5.91 Å². The highest BCUT2D eigenvalue weighted by molar-refractivity contribution is 5.91. The lowest BCUT2D eigenvalue weighted by atomic mass is 10.2. The maximum Gasteiger partial charge on any atom is 0.272 e. The second-order valence-electron chi connectivity index (χ2n) is 4.72. The van der Waals surface area contributed by atoms with E-state index >= 15 is 0 Å². The van der Waals surface area contributed by atoms with E-state index in [2.05, 4.69) is 25.7 Å². The van der Waals surface area contributed by atoms with Gasteiger partial charge in [0.05, 0.1) is 13.7 Å². The molecule has 2 aromatic heterocycles. The SMILES string of the molecule is COc1cccc(-c2nnc(CNC(=O)c3ccc(=O)[nH]n3)o2)c1. The monoisotopic (exact) mass is 327 g/mol. The van der Waals surface area contributed by atoms with Gasteiger partial charge in [-0.2, -0.15) is 5.10 Å². The van der Waals surface area contributed by atoms with Gasteiger partial charge in [-0.15, -0.1) is 10.2 Å². The zero-order valence-electron chi connectivity index (χ0n) is 12.6. The van der Waals surface area contributed by atoms with Gasteiger partial charge >= 0.3 is 0 Å². The van der Waals surface area contributed by atoms with Crippen LogP contribution in [0.5, 0.6) is 5.75 Å². The summed E-state index contributed by atoms with van der Waals surface area (Å²) in [4.78, 5) is 22.8. The predicted octanol–water partition coefficient (Wildman–Crippen LogP) is 0.758. The maximum absolute atomic E-state index is 11.9. The van der Waals surface area contributed by atoms with Crippen LogP contribution >= 0.6 is 0 Å². The average molecular weight is 327 g/mol. The lowest BCUT2D eigenvalue weighted by molar-refractivity contribution is 0.0941. The summed E-state index contributed by atoms with van der Waals surface area (Å²) in [5, 5.41) is 16.2. The number of nitrogens with one attached hydrogen (secondary N) is 2. The van der Waals surface area contributed by atoms with Crippen molar-refractivity contribution >= 4 is 5.91 Å². The number of ether oxygens (including phenoxy) is 1. The van der Waals surface area contributed by atoms with Crippen molar-refractivity contribution in [3.8, 4) is 17.2 Å². The molecule has 3 aromatic rings. The van der Waals surface area contributed by atoms with Gasteiger partial charge in [0, 0.05) is 11.6 Å². The smallest absolute Gasteiger partial charge is 0.272 e. The van der Waals surface area contributed by atoms with E-state index in [0.29, 0.717) is 17.2 Å². The largest absolute Gasteiger partial charge is 0.497 e. The molecule has 24 heavy (non-hydrogen) atoms. The number of H-pyrrole nitrogens is 1. The highest BCUT2D eigenvalue weighted by Crippen LogP contribution is 2.22. The van der Waals surface area contributed by atoms with E-state index in [-0.39, 0.29) is 23.7 Å². The number of rotatable bonds is 5. The molecule has 9 nitrogen and oxygen atoms in total. The molecule has 0 aliphatic heterocycles. The van der Waals surface area contributed by atoms with Crippen LogP contribution in [0.4, 0.5) is 0 Å². The number of benzene rings is 1. The molecule has 0 saturated heterocycles. The zero-order chi connectivity index (χ0) is 16.9. The lowest BCUT2D eigenvalue weighted by Crippen LogP contribution is -2.25. The Morgan fingerprint density at radius 2 is 2.17 bits per heavy atom. The van der Waals surface area contributed by atoms with E-state index in [1.807, 2.05) is 12.1 Å². The number of hydrogen-bond donors (Lipinski definition) is 2. The Kier molecular flexibility index (Phi) is 4.32. The maximum atomic E-state index is 11.9. The van der Waals surface area contributed by atoms with E-state index in [4.69, 9.17) is 9.15 Å². The molecule has 1 aromatic carbocycles. The Bertz CT molecular complexity index is 897. The van der Waals surface area contributed by atoms with Crippen LogP contribution in [0.15, 0.2) is 45.6 Å².